The van der Waals surface area contributed by atoms with Gasteiger partial charge in [-0.2, -0.15) is 0 Å². The summed E-state index contributed by atoms with van der Waals surface area (Å²) in [5.41, 5.74) is 6.80. The zero-order valence-electron chi connectivity index (χ0n) is 77.5. The minimum atomic E-state index is -0.577. The molecule has 0 saturated carbocycles. The molecule has 14 heteroatoms. The molecule has 2 aliphatic rings. The fourth-order valence-corrected chi connectivity index (χ4v) is 20.8. The largest absolute Gasteiger partial charge is 0.457 e. The molecule has 11 aromatic carbocycles. The molecule has 2 aromatic heterocycles. The quantitative estimate of drug-likeness (QED) is 0.0143. The third-order valence-electron chi connectivity index (χ3n) is 25.0. The molecular formula is C110H128N6O8+2. The molecule has 0 unspecified atom stereocenters. The molecular weight excluding hydrogens is 1530 g/mol. The lowest BCUT2D eigenvalue weighted by molar-refractivity contribution is -0.696. The van der Waals surface area contributed by atoms with Crippen molar-refractivity contribution in [2.24, 2.45) is 21.7 Å². The third-order valence-corrected chi connectivity index (χ3v) is 25.0. The van der Waals surface area contributed by atoms with E-state index in [9.17, 15) is 0 Å². The predicted octanol–water partition coefficient (Wildman–Crippen LogP) is 28.7. The van der Waals surface area contributed by atoms with Crippen molar-refractivity contribution >= 4 is 78.1 Å². The van der Waals surface area contributed by atoms with Crippen molar-refractivity contribution in [2.45, 2.75) is 264 Å². The second-order valence-electron chi connectivity index (χ2n) is 42.8. The highest BCUT2D eigenvalue weighted by Crippen LogP contribution is 2.59. The Morgan fingerprint density at radius 2 is 0.508 bits per heavy atom. The van der Waals surface area contributed by atoms with Crippen molar-refractivity contribution in [3.8, 4) is 57.4 Å². The maximum absolute atomic E-state index is 16.7. The van der Waals surface area contributed by atoms with E-state index >= 15 is 19.2 Å². The highest BCUT2D eigenvalue weighted by Gasteiger charge is 2.44. The van der Waals surface area contributed by atoms with Crippen molar-refractivity contribution in [2.75, 3.05) is 9.80 Å². The summed E-state index contributed by atoms with van der Waals surface area (Å²) in [4.78, 5) is 69.2. The molecule has 2 aliphatic heterocycles. The zero-order chi connectivity index (χ0) is 88.7. The number of rotatable bonds is 30. The molecule has 0 saturated heterocycles. The fraction of sp³-hybridized carbons (Fsp3) is 0.400. The van der Waals surface area contributed by atoms with E-state index in [1.54, 1.807) is 24.3 Å². The highest BCUT2D eigenvalue weighted by atomic mass is 16.5. The first-order valence-electron chi connectivity index (χ1n) is 45.1. The van der Waals surface area contributed by atoms with Gasteiger partial charge in [-0.1, -0.05) is 227 Å². The number of fused-ring (bicyclic) bond motifs is 2. The van der Waals surface area contributed by atoms with E-state index in [-0.39, 0.29) is 88.6 Å². The number of imidazole rings is 2. The molecule has 0 bridgehead atoms. The lowest BCUT2D eigenvalue weighted by Gasteiger charge is -2.33. The van der Waals surface area contributed by atoms with Crippen LogP contribution < -0.4 is 37.9 Å². The van der Waals surface area contributed by atoms with Gasteiger partial charge >= 0.3 is 0 Å². The van der Waals surface area contributed by atoms with E-state index in [2.05, 4.69) is 244 Å². The van der Waals surface area contributed by atoms with Crippen LogP contribution in [0.15, 0.2) is 207 Å². The first kappa shape index (κ1) is 87.5. The second-order valence-corrected chi connectivity index (χ2v) is 42.8. The number of imide groups is 2. The van der Waals surface area contributed by atoms with Crippen molar-refractivity contribution in [3.63, 3.8) is 0 Å². The Labute approximate surface area is 734 Å². The number of benzene rings is 11. The molecule has 4 amide bonds. The van der Waals surface area contributed by atoms with Crippen molar-refractivity contribution < 1.29 is 47.3 Å². The number of unbranched alkanes of at least 4 members (excludes halogenated alkanes) is 6. The first-order valence-corrected chi connectivity index (χ1v) is 45.1. The predicted molar refractivity (Wildman–Crippen MR) is 505 cm³/mol. The number of aryl methyl sites for hydroxylation is 2. The van der Waals surface area contributed by atoms with Crippen molar-refractivity contribution in [1.82, 2.24) is 9.13 Å². The van der Waals surface area contributed by atoms with Crippen LogP contribution in [0.4, 0.5) is 11.4 Å². The van der Waals surface area contributed by atoms with Gasteiger partial charge in [0.2, 0.25) is 12.7 Å². The zero-order valence-corrected chi connectivity index (χ0v) is 77.5. The first-order chi connectivity index (χ1) is 58.5. The molecule has 0 radical (unpaired) electrons. The molecule has 0 spiro atoms. The average molecular weight is 1660 g/mol. The van der Waals surface area contributed by atoms with E-state index in [4.69, 9.17) is 18.9 Å². The Bertz CT molecular complexity index is 5520. The minimum absolute atomic E-state index is 0.0164. The Kier molecular flexibility index (Phi) is 23.5. The standard InChI is InChI=1S/C110H128N6O8/c1-23-25-27-29-55-111-57-59-113(69-111)75-39-43-77(44-40-75)115-99(117)83-61-87(121-79-47-31-71(32-48-79)107(15,16)65-103(3,4)5)93-95-89(123-81-51-35-73(36-52-81)109(19,20)67-105(9,10)11)63-85-92-86(102(120)116(101(85)119)78-45-41-76(42-46-78)114-60-58-112(70-114)56-30-28-26-24-2)64-90(124-82-53-37-74(38-54-82)110(21,22)68-106(12,13)14)96(98(92)95)94-88(62-84(100(115)118)91(83)97(93)94)122-80-49-33-72(34-50-80)108(17,18)66-104(6,7)8/h31-54,57-64,69-70H,23-30,55-56,65-68H2,1-22H3/q+2. The van der Waals surface area contributed by atoms with Crippen LogP contribution >= 0.6 is 0 Å². The van der Waals surface area contributed by atoms with E-state index in [1.807, 2.05) is 109 Å². The van der Waals surface area contributed by atoms with Crippen LogP contribution in [0.5, 0.6) is 46.0 Å². The molecule has 13 aromatic rings. The van der Waals surface area contributed by atoms with Crippen molar-refractivity contribution in [3.05, 3.63) is 252 Å². The highest BCUT2D eigenvalue weighted by molar-refractivity contribution is 6.48. The summed E-state index contributed by atoms with van der Waals surface area (Å²) in [7, 11) is 0. The second kappa shape index (κ2) is 33.3. The maximum Gasteiger partial charge on any atom is 0.266 e. The molecule has 644 valence electrons. The third kappa shape index (κ3) is 18.2. The van der Waals surface area contributed by atoms with E-state index < -0.39 is 23.6 Å². The van der Waals surface area contributed by atoms with Gasteiger partial charge in [0.15, 0.2) is 0 Å². The summed E-state index contributed by atoms with van der Waals surface area (Å²) in [6.07, 6.45) is 25.1. The van der Waals surface area contributed by atoms with Gasteiger partial charge in [0.05, 0.1) is 46.7 Å². The van der Waals surface area contributed by atoms with Crippen LogP contribution in [0.2, 0.25) is 0 Å². The van der Waals surface area contributed by atoms with Crippen LogP contribution in [0.3, 0.4) is 0 Å². The van der Waals surface area contributed by atoms with E-state index in [1.165, 1.54) is 22.6 Å². The normalized spacial score (nSPS) is 13.9. The molecule has 124 heavy (non-hydrogen) atoms. The van der Waals surface area contributed by atoms with Gasteiger partial charge in [0, 0.05) is 43.1 Å². The van der Waals surface area contributed by atoms with Crippen LogP contribution in [-0.4, -0.2) is 32.8 Å². The number of hydrogen-bond donors (Lipinski definition) is 0. The monoisotopic (exact) mass is 1660 g/mol. The Morgan fingerprint density at radius 1 is 0.274 bits per heavy atom. The summed E-state index contributed by atoms with van der Waals surface area (Å²) in [6, 6.07) is 54.9. The van der Waals surface area contributed by atoms with Crippen LogP contribution in [0.25, 0.3) is 54.5 Å². The number of carbonyl (C=O) groups excluding carboxylic acids is 4. The Hall–Kier alpha value is -11.4. The summed E-state index contributed by atoms with van der Waals surface area (Å²) in [5.74, 6) is 0.499. The molecule has 4 heterocycles. The summed E-state index contributed by atoms with van der Waals surface area (Å²) in [5, 5.41) is 3.28. The van der Waals surface area contributed by atoms with Gasteiger partial charge in [0.1, 0.15) is 82.2 Å². The Morgan fingerprint density at radius 3 is 0.734 bits per heavy atom. The van der Waals surface area contributed by atoms with Gasteiger partial charge in [-0.25, -0.2) is 28.1 Å². The lowest BCUT2D eigenvalue weighted by atomic mass is 9.72. The van der Waals surface area contributed by atoms with Crippen LogP contribution in [-0.2, 0) is 34.7 Å². The lowest BCUT2D eigenvalue weighted by Crippen LogP contribution is -2.40. The number of hydrogen-bond acceptors (Lipinski definition) is 8. The van der Waals surface area contributed by atoms with Crippen LogP contribution in [0.1, 0.15) is 293 Å². The van der Waals surface area contributed by atoms with Gasteiger partial charge in [-0.05, 0) is 238 Å². The van der Waals surface area contributed by atoms with Crippen molar-refractivity contribution in [1.29, 1.82) is 0 Å². The number of carbonyl (C=O) groups is 4. The van der Waals surface area contributed by atoms with Gasteiger partial charge in [0.25, 0.3) is 23.6 Å². The fourth-order valence-electron chi connectivity index (χ4n) is 20.8. The average Bonchev–Trinajstić information content (AvgIpc) is 0.747. The molecule has 0 aliphatic carbocycles. The van der Waals surface area contributed by atoms with E-state index in [0.717, 1.165) is 111 Å². The van der Waals surface area contributed by atoms with Gasteiger partial charge in [-0.15, -0.1) is 0 Å². The smallest absolute Gasteiger partial charge is 0.266 e. The number of ether oxygens (including phenoxy) is 4. The van der Waals surface area contributed by atoms with Crippen LogP contribution in [0, 0.1) is 21.7 Å². The minimum Gasteiger partial charge on any atom is -0.457 e. The summed E-state index contributed by atoms with van der Waals surface area (Å²) < 4.78 is 39.0. The Balaban J connectivity index is 1.04. The summed E-state index contributed by atoms with van der Waals surface area (Å²) >= 11 is 0. The van der Waals surface area contributed by atoms with E-state index in [0.29, 0.717) is 77.5 Å². The van der Waals surface area contributed by atoms with Gasteiger partial charge < -0.3 is 18.9 Å². The topological polar surface area (TPSA) is 129 Å². The molecule has 14 nitrogen and oxygen atoms in total. The molecule has 0 fully saturated rings. The number of aromatic nitrogens is 4. The van der Waals surface area contributed by atoms with Gasteiger partial charge in [-0.3, -0.25) is 19.2 Å². The SMILES string of the molecule is CCCCCC[n+]1ccn(-c2ccc(N3C(=O)c4cc(Oc5ccc(C(C)(C)CC(C)(C)C)cc5)c5c6c(Oc7ccc(C(C)(C)CC(C)(C)C)cc7)cc7c8c(cc(Oc9ccc(C(C)(C)CC(C)(C)C)cc9)c(c9c(Oc%10ccc(C(C)(C)CC(C)(C)C)cc%10)cc(c4c59)C3=O)c86)C(=O)N(c3ccc(-n4cc[n+](CCCCCC)c4)cc3)C7=O)cc2)c1. The number of anilines is 2. The molecule has 0 N–H and O–H groups in total. The number of nitrogens with zero attached hydrogens (tertiary/aromatic N) is 6. The molecule has 15 rings (SSSR count). The summed E-state index contributed by atoms with van der Waals surface area (Å²) in [6.45, 7) is 51.5. The number of amides is 4. The maximum atomic E-state index is 16.7. The molecule has 0 atom stereocenters.